The summed E-state index contributed by atoms with van der Waals surface area (Å²) in [6.45, 7) is 1.91. The van der Waals surface area contributed by atoms with Crippen molar-refractivity contribution >= 4 is 28.3 Å². The molecule has 3 aromatic rings. The summed E-state index contributed by atoms with van der Waals surface area (Å²) in [5.41, 5.74) is 4.42. The molecule has 3 aromatic carbocycles. The van der Waals surface area contributed by atoms with E-state index >= 15 is 0 Å². The van der Waals surface area contributed by atoms with Gasteiger partial charge >= 0.3 is 11.8 Å². The standard InChI is InChI=1S/C24H24N2O2/c1-16(19-11-10-17-6-2-4-8-20(17)14-19)25-23(27)24(28)26-22-13-12-18-7-3-5-9-21(18)15-22/h3,5,7,9-16H,2,4,6,8H2,1H3,(H,25,27)(H,26,28). The molecule has 0 saturated carbocycles. The Morgan fingerprint density at radius 2 is 1.57 bits per heavy atom. The lowest BCUT2D eigenvalue weighted by molar-refractivity contribution is -0.136. The molecule has 1 unspecified atom stereocenters. The van der Waals surface area contributed by atoms with Crippen molar-refractivity contribution in [1.29, 1.82) is 0 Å². The van der Waals surface area contributed by atoms with Crippen LogP contribution in [0.25, 0.3) is 10.8 Å². The summed E-state index contributed by atoms with van der Waals surface area (Å²) in [4.78, 5) is 24.7. The highest BCUT2D eigenvalue weighted by Crippen LogP contribution is 2.25. The van der Waals surface area contributed by atoms with E-state index in [9.17, 15) is 9.59 Å². The molecule has 4 heteroatoms. The van der Waals surface area contributed by atoms with Gasteiger partial charge in [0.1, 0.15) is 0 Å². The summed E-state index contributed by atoms with van der Waals surface area (Å²) >= 11 is 0. The van der Waals surface area contributed by atoms with Crippen molar-refractivity contribution in [2.24, 2.45) is 0 Å². The number of hydrogen-bond donors (Lipinski definition) is 2. The lowest BCUT2D eigenvalue weighted by Gasteiger charge is -2.20. The van der Waals surface area contributed by atoms with Crippen molar-refractivity contribution in [1.82, 2.24) is 5.32 Å². The summed E-state index contributed by atoms with van der Waals surface area (Å²) in [6.07, 6.45) is 4.68. The zero-order valence-corrected chi connectivity index (χ0v) is 16.0. The molecule has 2 N–H and O–H groups in total. The number of carbonyl (C=O) groups is 2. The third-order valence-electron chi connectivity index (χ3n) is 5.43. The Morgan fingerprint density at radius 3 is 2.39 bits per heavy atom. The predicted molar refractivity (Wildman–Crippen MR) is 112 cm³/mol. The highest BCUT2D eigenvalue weighted by atomic mass is 16.2. The molecule has 1 aliphatic rings. The monoisotopic (exact) mass is 372 g/mol. The third kappa shape index (κ3) is 3.91. The van der Waals surface area contributed by atoms with Gasteiger partial charge in [0.15, 0.2) is 0 Å². The molecule has 4 rings (SSSR count). The van der Waals surface area contributed by atoms with Gasteiger partial charge in [-0.25, -0.2) is 0 Å². The van der Waals surface area contributed by atoms with Gasteiger partial charge in [-0.05, 0) is 72.2 Å². The van der Waals surface area contributed by atoms with Crippen LogP contribution in [0.4, 0.5) is 5.69 Å². The maximum Gasteiger partial charge on any atom is 0.313 e. The summed E-state index contributed by atoms with van der Waals surface area (Å²) < 4.78 is 0. The smallest absolute Gasteiger partial charge is 0.313 e. The van der Waals surface area contributed by atoms with Gasteiger partial charge in [0.25, 0.3) is 0 Å². The molecule has 0 heterocycles. The van der Waals surface area contributed by atoms with Gasteiger partial charge in [-0.15, -0.1) is 0 Å². The van der Waals surface area contributed by atoms with Crippen molar-refractivity contribution < 1.29 is 9.59 Å². The number of fused-ring (bicyclic) bond motifs is 2. The first kappa shape index (κ1) is 18.2. The molecule has 0 radical (unpaired) electrons. The molecule has 0 aromatic heterocycles. The second-order valence-corrected chi connectivity index (χ2v) is 7.45. The molecule has 1 atom stereocenters. The summed E-state index contributed by atoms with van der Waals surface area (Å²) in [6, 6.07) is 19.7. The molecule has 0 bridgehead atoms. The van der Waals surface area contributed by atoms with E-state index in [1.54, 1.807) is 6.07 Å². The first-order valence-electron chi connectivity index (χ1n) is 9.82. The van der Waals surface area contributed by atoms with Crippen LogP contribution in [0, 0.1) is 0 Å². The number of rotatable bonds is 3. The number of amides is 2. The Morgan fingerprint density at radius 1 is 0.821 bits per heavy atom. The van der Waals surface area contributed by atoms with Gasteiger partial charge in [0, 0.05) is 5.69 Å². The second-order valence-electron chi connectivity index (χ2n) is 7.45. The average Bonchev–Trinajstić information content (AvgIpc) is 2.73. The number of aryl methyl sites for hydroxylation is 2. The van der Waals surface area contributed by atoms with Crippen LogP contribution < -0.4 is 10.6 Å². The highest BCUT2D eigenvalue weighted by Gasteiger charge is 2.18. The highest BCUT2D eigenvalue weighted by molar-refractivity contribution is 6.39. The number of anilines is 1. The predicted octanol–water partition coefficient (Wildman–Crippen LogP) is 4.53. The van der Waals surface area contributed by atoms with Crippen molar-refractivity contribution in [3.63, 3.8) is 0 Å². The van der Waals surface area contributed by atoms with E-state index in [1.807, 2.05) is 43.3 Å². The van der Waals surface area contributed by atoms with Crippen molar-refractivity contribution in [2.75, 3.05) is 5.32 Å². The quantitative estimate of drug-likeness (QED) is 0.664. The van der Waals surface area contributed by atoms with Gasteiger partial charge in [-0.3, -0.25) is 9.59 Å². The number of benzene rings is 3. The minimum absolute atomic E-state index is 0.220. The van der Waals surface area contributed by atoms with Crippen LogP contribution >= 0.6 is 0 Å². The second kappa shape index (κ2) is 7.85. The Kier molecular flexibility index (Phi) is 5.11. The topological polar surface area (TPSA) is 58.2 Å². The van der Waals surface area contributed by atoms with Gasteiger partial charge in [0.05, 0.1) is 6.04 Å². The molecular weight excluding hydrogens is 348 g/mol. The summed E-state index contributed by atoms with van der Waals surface area (Å²) in [7, 11) is 0. The minimum atomic E-state index is -0.653. The van der Waals surface area contributed by atoms with E-state index in [2.05, 4.69) is 28.8 Å². The summed E-state index contributed by atoms with van der Waals surface area (Å²) in [5.74, 6) is -1.28. The fourth-order valence-electron chi connectivity index (χ4n) is 3.82. The van der Waals surface area contributed by atoms with Crippen LogP contribution in [0.5, 0.6) is 0 Å². The van der Waals surface area contributed by atoms with Crippen LogP contribution in [0.1, 0.15) is 42.5 Å². The van der Waals surface area contributed by atoms with Crippen LogP contribution in [-0.2, 0) is 22.4 Å². The van der Waals surface area contributed by atoms with Crippen LogP contribution in [-0.4, -0.2) is 11.8 Å². The molecule has 0 fully saturated rings. The Labute approximate surface area is 165 Å². The largest absolute Gasteiger partial charge is 0.341 e. The number of carbonyl (C=O) groups excluding carboxylic acids is 2. The zero-order valence-electron chi connectivity index (χ0n) is 16.0. The third-order valence-corrected chi connectivity index (χ3v) is 5.43. The molecular formula is C24H24N2O2. The van der Waals surface area contributed by atoms with Crippen LogP contribution in [0.3, 0.4) is 0 Å². The van der Waals surface area contributed by atoms with Crippen LogP contribution in [0.15, 0.2) is 60.7 Å². The SMILES string of the molecule is CC(NC(=O)C(=O)Nc1ccc2ccccc2c1)c1ccc2c(c1)CCCC2. The van der Waals surface area contributed by atoms with E-state index in [4.69, 9.17) is 0 Å². The van der Waals surface area contributed by atoms with Crippen molar-refractivity contribution in [3.8, 4) is 0 Å². The lowest BCUT2D eigenvalue weighted by Crippen LogP contribution is -2.37. The molecule has 28 heavy (non-hydrogen) atoms. The maximum absolute atomic E-state index is 12.4. The van der Waals surface area contributed by atoms with Crippen molar-refractivity contribution in [3.05, 3.63) is 77.4 Å². The Bertz CT molecular complexity index is 1040. The molecule has 0 aliphatic heterocycles. The van der Waals surface area contributed by atoms with E-state index in [1.165, 1.54) is 24.0 Å². The van der Waals surface area contributed by atoms with E-state index in [-0.39, 0.29) is 6.04 Å². The van der Waals surface area contributed by atoms with E-state index in [0.717, 1.165) is 29.2 Å². The average molecular weight is 372 g/mol. The zero-order chi connectivity index (χ0) is 19.5. The Hall–Kier alpha value is -3.14. The first-order valence-corrected chi connectivity index (χ1v) is 9.82. The molecule has 142 valence electrons. The Balaban J connectivity index is 1.41. The molecule has 1 aliphatic carbocycles. The number of nitrogens with one attached hydrogen (secondary N) is 2. The summed E-state index contributed by atoms with van der Waals surface area (Å²) in [5, 5.41) is 7.60. The van der Waals surface area contributed by atoms with E-state index < -0.39 is 11.8 Å². The van der Waals surface area contributed by atoms with Gasteiger partial charge < -0.3 is 10.6 Å². The first-order chi connectivity index (χ1) is 13.6. The lowest BCUT2D eigenvalue weighted by atomic mass is 9.89. The van der Waals surface area contributed by atoms with Crippen LogP contribution in [0.2, 0.25) is 0 Å². The molecule has 0 saturated heterocycles. The van der Waals surface area contributed by atoms with Gasteiger partial charge in [-0.1, -0.05) is 48.5 Å². The fourth-order valence-corrected chi connectivity index (χ4v) is 3.82. The molecule has 2 amide bonds. The fraction of sp³-hybridized carbons (Fsp3) is 0.250. The molecule has 4 nitrogen and oxygen atoms in total. The number of hydrogen-bond acceptors (Lipinski definition) is 2. The minimum Gasteiger partial charge on any atom is -0.341 e. The van der Waals surface area contributed by atoms with Gasteiger partial charge in [-0.2, -0.15) is 0 Å². The molecule has 0 spiro atoms. The maximum atomic E-state index is 12.4. The van der Waals surface area contributed by atoms with Crippen molar-refractivity contribution in [2.45, 2.75) is 38.6 Å². The van der Waals surface area contributed by atoms with Gasteiger partial charge in [0.2, 0.25) is 0 Å². The van der Waals surface area contributed by atoms with E-state index in [0.29, 0.717) is 5.69 Å². The normalized spacial score (nSPS) is 14.2.